The minimum atomic E-state index is -0.693. The lowest BCUT2D eigenvalue weighted by molar-refractivity contribution is 0.0949. The highest BCUT2D eigenvalue weighted by Gasteiger charge is 2.14. The number of halogens is 2. The van der Waals surface area contributed by atoms with E-state index in [0.29, 0.717) is 28.2 Å². The van der Waals surface area contributed by atoms with Gasteiger partial charge in [-0.2, -0.15) is 5.10 Å². The van der Waals surface area contributed by atoms with Gasteiger partial charge in [0.05, 0.1) is 11.4 Å². The Balaban J connectivity index is 1.31. The molecule has 3 aromatic carbocycles. The van der Waals surface area contributed by atoms with E-state index in [2.05, 4.69) is 15.4 Å². The fourth-order valence-corrected chi connectivity index (χ4v) is 4.19. The summed E-state index contributed by atoms with van der Waals surface area (Å²) in [7, 11) is 1.90. The van der Waals surface area contributed by atoms with Crippen LogP contribution in [0.3, 0.4) is 0 Å². The monoisotopic (exact) mass is 510 g/mol. The highest BCUT2D eigenvalue weighted by molar-refractivity contribution is 5.96. The van der Waals surface area contributed by atoms with Gasteiger partial charge in [0.15, 0.2) is 0 Å². The molecule has 0 unspecified atom stereocenters. The number of rotatable bonds is 7. The van der Waals surface area contributed by atoms with Crippen LogP contribution in [-0.2, 0) is 13.6 Å². The second kappa shape index (κ2) is 10.6. The van der Waals surface area contributed by atoms with E-state index in [4.69, 9.17) is 4.74 Å². The Kier molecular flexibility index (Phi) is 6.95. The number of aromatic nitrogens is 3. The van der Waals surface area contributed by atoms with Crippen molar-refractivity contribution < 1.29 is 18.3 Å². The van der Waals surface area contributed by atoms with Crippen molar-refractivity contribution >= 4 is 5.91 Å². The Morgan fingerprint density at radius 3 is 2.37 bits per heavy atom. The minimum Gasteiger partial charge on any atom is -0.457 e. The van der Waals surface area contributed by atoms with Gasteiger partial charge in [0.1, 0.15) is 23.1 Å². The predicted octanol–water partition coefficient (Wildman–Crippen LogP) is 6.46. The molecule has 5 rings (SSSR count). The largest absolute Gasteiger partial charge is 0.457 e. The van der Waals surface area contributed by atoms with Gasteiger partial charge in [0, 0.05) is 54.8 Å². The average Bonchev–Trinajstić information content (AvgIpc) is 3.34. The fraction of sp³-hybridized carbons (Fsp3) is 0.100. The van der Waals surface area contributed by atoms with Crippen molar-refractivity contribution in [1.29, 1.82) is 0 Å². The Morgan fingerprint density at radius 1 is 0.921 bits per heavy atom. The van der Waals surface area contributed by atoms with Crippen LogP contribution in [0.25, 0.3) is 22.5 Å². The molecule has 2 aromatic heterocycles. The zero-order chi connectivity index (χ0) is 26.6. The first kappa shape index (κ1) is 24.8. The molecular formula is C30H24F2N4O2. The van der Waals surface area contributed by atoms with Crippen LogP contribution in [0.5, 0.6) is 11.5 Å². The highest BCUT2D eigenvalue weighted by Crippen LogP contribution is 2.30. The van der Waals surface area contributed by atoms with E-state index in [1.807, 2.05) is 48.1 Å². The van der Waals surface area contributed by atoms with E-state index in [-0.39, 0.29) is 12.5 Å². The molecule has 1 amide bonds. The fourth-order valence-electron chi connectivity index (χ4n) is 4.19. The maximum absolute atomic E-state index is 13.4. The van der Waals surface area contributed by atoms with Gasteiger partial charge in [-0.15, -0.1) is 0 Å². The molecule has 0 radical (unpaired) electrons. The van der Waals surface area contributed by atoms with Gasteiger partial charge < -0.3 is 10.1 Å². The normalized spacial score (nSPS) is 10.8. The lowest BCUT2D eigenvalue weighted by Crippen LogP contribution is -2.23. The molecule has 0 aliphatic rings. The third-order valence-corrected chi connectivity index (χ3v) is 6.16. The topological polar surface area (TPSA) is 69.0 Å². The Labute approximate surface area is 218 Å². The van der Waals surface area contributed by atoms with Crippen molar-refractivity contribution in [2.24, 2.45) is 7.05 Å². The molecule has 0 aliphatic heterocycles. The molecular weight excluding hydrogens is 486 g/mol. The molecule has 0 saturated carbocycles. The van der Waals surface area contributed by atoms with Crippen LogP contribution in [0, 0.1) is 18.6 Å². The van der Waals surface area contributed by atoms with Crippen LogP contribution in [0.2, 0.25) is 0 Å². The van der Waals surface area contributed by atoms with Crippen molar-refractivity contribution in [3.05, 3.63) is 120 Å². The molecule has 1 N–H and O–H groups in total. The number of aryl methyl sites for hydroxylation is 1. The number of pyridine rings is 1. The number of carbonyl (C=O) groups excluding carboxylic acids is 1. The summed E-state index contributed by atoms with van der Waals surface area (Å²) in [6, 6.07) is 21.9. The number of amides is 1. The van der Waals surface area contributed by atoms with Crippen molar-refractivity contribution in [3.63, 3.8) is 0 Å². The van der Waals surface area contributed by atoms with Crippen LogP contribution in [0.15, 0.2) is 91.3 Å². The van der Waals surface area contributed by atoms with E-state index in [1.165, 1.54) is 12.1 Å². The Bertz CT molecular complexity index is 1590. The van der Waals surface area contributed by atoms with E-state index < -0.39 is 11.6 Å². The third kappa shape index (κ3) is 5.44. The number of benzene rings is 3. The number of nitrogens with zero attached hydrogens (tertiary/aromatic N) is 3. The van der Waals surface area contributed by atoms with E-state index in [1.54, 1.807) is 43.6 Å². The smallest absolute Gasteiger partial charge is 0.251 e. The van der Waals surface area contributed by atoms with Gasteiger partial charge >= 0.3 is 0 Å². The maximum atomic E-state index is 13.4. The van der Waals surface area contributed by atoms with Gasteiger partial charge in [-0.05, 0) is 54.4 Å². The lowest BCUT2D eigenvalue weighted by Gasteiger charge is -2.13. The van der Waals surface area contributed by atoms with Gasteiger partial charge in [-0.3, -0.25) is 14.5 Å². The second-order valence-corrected chi connectivity index (χ2v) is 8.79. The molecule has 190 valence electrons. The molecule has 2 heterocycles. The van der Waals surface area contributed by atoms with Crippen molar-refractivity contribution in [2.75, 3.05) is 0 Å². The zero-order valence-electron chi connectivity index (χ0n) is 20.8. The van der Waals surface area contributed by atoms with Gasteiger partial charge in [-0.25, -0.2) is 8.78 Å². The molecule has 0 spiro atoms. The van der Waals surface area contributed by atoms with Crippen molar-refractivity contribution in [3.8, 4) is 34.0 Å². The van der Waals surface area contributed by atoms with Crippen LogP contribution in [-0.4, -0.2) is 20.7 Å². The summed E-state index contributed by atoms with van der Waals surface area (Å²) < 4.78 is 34.8. The van der Waals surface area contributed by atoms with E-state index in [9.17, 15) is 13.6 Å². The highest BCUT2D eigenvalue weighted by atomic mass is 19.1. The molecule has 8 heteroatoms. The van der Waals surface area contributed by atoms with Gasteiger partial charge in [0.2, 0.25) is 0 Å². The van der Waals surface area contributed by atoms with Crippen molar-refractivity contribution in [2.45, 2.75) is 13.5 Å². The predicted molar refractivity (Wildman–Crippen MR) is 141 cm³/mol. The first-order valence-corrected chi connectivity index (χ1v) is 11.9. The molecule has 0 aliphatic carbocycles. The SMILES string of the molecule is Cc1c(Oc2ccnc(-c3ccc(-c4ccnn4C)cc3)c2)cccc1C(=O)NCc1cc(F)cc(F)c1. The Hall–Kier alpha value is -4.85. The van der Waals surface area contributed by atoms with Crippen molar-refractivity contribution in [1.82, 2.24) is 20.1 Å². The first-order valence-electron chi connectivity index (χ1n) is 11.9. The maximum Gasteiger partial charge on any atom is 0.251 e. The van der Waals surface area contributed by atoms with E-state index >= 15 is 0 Å². The number of hydrogen-bond acceptors (Lipinski definition) is 4. The number of ether oxygens (including phenoxy) is 1. The molecule has 0 fully saturated rings. The van der Waals surface area contributed by atoms with Crippen LogP contribution < -0.4 is 10.1 Å². The lowest BCUT2D eigenvalue weighted by atomic mass is 10.1. The molecule has 6 nitrogen and oxygen atoms in total. The second-order valence-electron chi connectivity index (χ2n) is 8.79. The number of carbonyl (C=O) groups is 1. The quantitative estimate of drug-likeness (QED) is 0.273. The zero-order valence-corrected chi connectivity index (χ0v) is 20.8. The first-order chi connectivity index (χ1) is 18.4. The molecule has 0 bridgehead atoms. The summed E-state index contributed by atoms with van der Waals surface area (Å²) in [6.07, 6.45) is 3.43. The summed E-state index contributed by atoms with van der Waals surface area (Å²) in [5.74, 6) is -0.676. The average molecular weight is 511 g/mol. The van der Waals surface area contributed by atoms with Crippen LogP contribution in [0.4, 0.5) is 8.78 Å². The van der Waals surface area contributed by atoms with Gasteiger partial charge in [-0.1, -0.05) is 30.3 Å². The third-order valence-electron chi connectivity index (χ3n) is 6.16. The summed E-state index contributed by atoms with van der Waals surface area (Å²) >= 11 is 0. The molecule has 0 saturated heterocycles. The summed E-state index contributed by atoms with van der Waals surface area (Å²) in [6.45, 7) is 1.77. The summed E-state index contributed by atoms with van der Waals surface area (Å²) in [5.41, 5.74) is 5.11. The summed E-state index contributed by atoms with van der Waals surface area (Å²) in [4.78, 5) is 17.3. The van der Waals surface area contributed by atoms with Crippen LogP contribution in [0.1, 0.15) is 21.5 Å². The van der Waals surface area contributed by atoms with Crippen LogP contribution >= 0.6 is 0 Å². The Morgan fingerprint density at radius 2 is 1.66 bits per heavy atom. The van der Waals surface area contributed by atoms with Gasteiger partial charge in [0.25, 0.3) is 5.91 Å². The number of hydrogen-bond donors (Lipinski definition) is 1. The molecule has 5 aromatic rings. The molecule has 0 atom stereocenters. The minimum absolute atomic E-state index is 0.00879. The summed E-state index contributed by atoms with van der Waals surface area (Å²) in [5, 5.41) is 6.92. The number of nitrogens with one attached hydrogen (secondary N) is 1. The van der Waals surface area contributed by atoms with E-state index in [0.717, 1.165) is 28.6 Å². The molecule has 38 heavy (non-hydrogen) atoms. The standard InChI is InChI=1S/C30H24F2N4O2/c1-19-26(30(37)34-18-20-14-23(31)16-24(32)15-20)4-3-5-29(19)38-25-10-12-33-27(17-25)21-6-8-22(9-7-21)28-11-13-35-36(28)2/h3-17H,18H2,1-2H3,(H,34,37).